The van der Waals surface area contributed by atoms with Gasteiger partial charge in [0, 0.05) is 48.0 Å². The highest BCUT2D eigenvalue weighted by Gasteiger charge is 2.05. The fourth-order valence-corrected chi connectivity index (χ4v) is 3.63. The van der Waals surface area contributed by atoms with E-state index in [1.54, 1.807) is 18.4 Å². The van der Waals surface area contributed by atoms with Crippen molar-refractivity contribution in [1.29, 1.82) is 0 Å². The molecule has 6 nitrogen and oxygen atoms in total. The number of pyridine rings is 1. The summed E-state index contributed by atoms with van der Waals surface area (Å²) in [5.41, 5.74) is 1.90. The van der Waals surface area contributed by atoms with Gasteiger partial charge in [0.25, 0.3) is 0 Å². The van der Waals surface area contributed by atoms with E-state index < -0.39 is 0 Å². The Hall–Kier alpha value is -1.20. The van der Waals surface area contributed by atoms with E-state index in [4.69, 9.17) is 0 Å². The maximum absolute atomic E-state index is 4.59. The molecule has 2 N–H and O–H groups in total. The predicted octanol–water partition coefficient (Wildman–Crippen LogP) is 3.64. The van der Waals surface area contributed by atoms with Crippen LogP contribution in [0.25, 0.3) is 5.65 Å². The largest absolute Gasteiger partial charge is 0.356 e. The van der Waals surface area contributed by atoms with Crippen molar-refractivity contribution in [3.8, 4) is 0 Å². The fraction of sp³-hybridized carbons (Fsp3) is 0.353. The molecule has 0 aliphatic rings. The van der Waals surface area contributed by atoms with Crippen LogP contribution in [0.3, 0.4) is 0 Å². The van der Waals surface area contributed by atoms with Crippen molar-refractivity contribution >= 4 is 62.9 Å². The van der Waals surface area contributed by atoms with E-state index in [0.717, 1.165) is 46.2 Å². The lowest BCUT2D eigenvalue weighted by Gasteiger charge is -2.10. The van der Waals surface area contributed by atoms with E-state index in [0.29, 0.717) is 6.54 Å². The van der Waals surface area contributed by atoms with E-state index in [2.05, 4.69) is 48.4 Å². The lowest BCUT2D eigenvalue weighted by atomic mass is 10.4. The highest BCUT2D eigenvalue weighted by atomic mass is 127. The molecule has 0 atom stereocenters. The number of aliphatic imine (C=N–C) groups is 1. The van der Waals surface area contributed by atoms with Gasteiger partial charge in [-0.15, -0.1) is 35.3 Å². The third-order valence-corrected chi connectivity index (χ3v) is 5.38. The summed E-state index contributed by atoms with van der Waals surface area (Å²) in [7, 11) is 1.77. The highest BCUT2D eigenvalue weighted by Crippen LogP contribution is 2.13. The Bertz CT molecular complexity index is 875. The smallest absolute Gasteiger partial charge is 0.191 e. The second-order valence-electron chi connectivity index (χ2n) is 5.52. The Labute approximate surface area is 182 Å². The minimum Gasteiger partial charge on any atom is -0.356 e. The average molecular weight is 549 g/mol. The zero-order valence-electron chi connectivity index (χ0n) is 14.7. The summed E-state index contributed by atoms with van der Waals surface area (Å²) in [5, 5.41) is 7.78. The Balaban J connectivity index is 0.00000243. The molecule has 0 saturated heterocycles. The van der Waals surface area contributed by atoms with Crippen molar-refractivity contribution < 1.29 is 0 Å². The zero-order valence-corrected chi connectivity index (χ0v) is 19.4. The van der Waals surface area contributed by atoms with Gasteiger partial charge in [-0.3, -0.25) is 4.99 Å². The van der Waals surface area contributed by atoms with Crippen LogP contribution in [-0.4, -0.2) is 33.9 Å². The van der Waals surface area contributed by atoms with Gasteiger partial charge in [-0.2, -0.15) is 0 Å². The molecule has 0 fully saturated rings. The minimum absolute atomic E-state index is 0. The molecule has 3 rings (SSSR count). The lowest BCUT2D eigenvalue weighted by Crippen LogP contribution is -2.37. The van der Waals surface area contributed by atoms with Crippen LogP contribution in [0.2, 0.25) is 0 Å². The maximum Gasteiger partial charge on any atom is 0.191 e. The SMILES string of the molecule is CCc1cnc(CCNC(=NC)NCc2cn3cc(Br)ccc3n2)s1.I. The van der Waals surface area contributed by atoms with Crippen molar-refractivity contribution in [1.82, 2.24) is 25.0 Å². The maximum atomic E-state index is 4.59. The Morgan fingerprint density at radius 1 is 1.31 bits per heavy atom. The lowest BCUT2D eigenvalue weighted by molar-refractivity contribution is 0.784. The molecule has 0 bridgehead atoms. The molecule has 140 valence electrons. The number of guanidine groups is 1. The first-order valence-electron chi connectivity index (χ1n) is 8.19. The number of nitrogens with one attached hydrogen (secondary N) is 2. The quantitative estimate of drug-likeness (QED) is 0.280. The normalized spacial score (nSPS) is 11.4. The predicted molar refractivity (Wildman–Crippen MR) is 122 cm³/mol. The van der Waals surface area contributed by atoms with E-state index in [1.807, 2.05) is 35.1 Å². The van der Waals surface area contributed by atoms with Crippen molar-refractivity contribution in [2.24, 2.45) is 4.99 Å². The summed E-state index contributed by atoms with van der Waals surface area (Å²) in [4.78, 5) is 14.6. The molecule has 0 aromatic carbocycles. The molecule has 0 aliphatic carbocycles. The number of aryl methyl sites for hydroxylation is 1. The molecule has 0 radical (unpaired) electrons. The van der Waals surface area contributed by atoms with Gasteiger partial charge < -0.3 is 15.0 Å². The van der Waals surface area contributed by atoms with Crippen molar-refractivity contribution in [2.45, 2.75) is 26.3 Å². The second kappa shape index (κ2) is 10.2. The molecule has 3 aromatic rings. The molecule has 3 heterocycles. The summed E-state index contributed by atoms with van der Waals surface area (Å²) < 4.78 is 3.04. The van der Waals surface area contributed by atoms with Gasteiger partial charge in [-0.05, 0) is 34.5 Å². The average Bonchev–Trinajstić information content (AvgIpc) is 3.23. The van der Waals surface area contributed by atoms with E-state index in [-0.39, 0.29) is 24.0 Å². The molecule has 0 amide bonds. The van der Waals surface area contributed by atoms with Gasteiger partial charge >= 0.3 is 0 Å². The summed E-state index contributed by atoms with van der Waals surface area (Å²) in [6, 6.07) is 3.97. The third-order valence-electron chi connectivity index (χ3n) is 3.71. The number of fused-ring (bicyclic) bond motifs is 1. The minimum atomic E-state index is 0. The summed E-state index contributed by atoms with van der Waals surface area (Å²) >= 11 is 5.25. The molecule has 0 aliphatic heterocycles. The summed E-state index contributed by atoms with van der Waals surface area (Å²) in [6.45, 7) is 3.57. The van der Waals surface area contributed by atoms with Crippen LogP contribution in [0.1, 0.15) is 22.5 Å². The number of halogens is 2. The number of hydrogen-bond acceptors (Lipinski definition) is 4. The first-order chi connectivity index (χ1) is 12.2. The molecular formula is C17H22BrIN6S. The number of thiazole rings is 1. The molecule has 0 spiro atoms. The van der Waals surface area contributed by atoms with Crippen LogP contribution >= 0.6 is 51.2 Å². The highest BCUT2D eigenvalue weighted by molar-refractivity contribution is 14.0. The van der Waals surface area contributed by atoms with Crippen LogP contribution < -0.4 is 10.6 Å². The van der Waals surface area contributed by atoms with Crippen molar-refractivity contribution in [3.05, 3.63) is 50.8 Å². The van der Waals surface area contributed by atoms with E-state index >= 15 is 0 Å². The van der Waals surface area contributed by atoms with Gasteiger partial charge in [0.2, 0.25) is 0 Å². The van der Waals surface area contributed by atoms with Crippen LogP contribution in [0.4, 0.5) is 0 Å². The molecular weight excluding hydrogens is 527 g/mol. The topological polar surface area (TPSA) is 66.6 Å². The van der Waals surface area contributed by atoms with Gasteiger partial charge in [-0.25, -0.2) is 9.97 Å². The Kier molecular flexibility index (Phi) is 8.29. The third kappa shape index (κ3) is 5.65. The van der Waals surface area contributed by atoms with Gasteiger partial charge in [-0.1, -0.05) is 6.92 Å². The molecule has 26 heavy (non-hydrogen) atoms. The summed E-state index contributed by atoms with van der Waals surface area (Å²) in [5.74, 6) is 0.769. The van der Waals surface area contributed by atoms with Crippen molar-refractivity contribution in [3.63, 3.8) is 0 Å². The van der Waals surface area contributed by atoms with Crippen LogP contribution in [0.5, 0.6) is 0 Å². The van der Waals surface area contributed by atoms with E-state index in [1.165, 1.54) is 4.88 Å². The fourth-order valence-electron chi connectivity index (χ4n) is 2.41. The number of imidazole rings is 1. The van der Waals surface area contributed by atoms with Gasteiger partial charge in [0.1, 0.15) is 5.65 Å². The van der Waals surface area contributed by atoms with Crippen LogP contribution in [-0.2, 0) is 19.4 Å². The monoisotopic (exact) mass is 548 g/mol. The molecule has 0 unspecified atom stereocenters. The van der Waals surface area contributed by atoms with Crippen molar-refractivity contribution in [2.75, 3.05) is 13.6 Å². The van der Waals surface area contributed by atoms with Crippen LogP contribution in [0, 0.1) is 0 Å². The second-order valence-corrected chi connectivity index (χ2v) is 7.64. The Morgan fingerprint density at radius 3 is 2.88 bits per heavy atom. The Morgan fingerprint density at radius 2 is 2.15 bits per heavy atom. The molecule has 9 heteroatoms. The first kappa shape index (κ1) is 21.1. The van der Waals surface area contributed by atoms with Gasteiger partial charge in [0.15, 0.2) is 5.96 Å². The number of rotatable bonds is 6. The zero-order chi connectivity index (χ0) is 17.6. The number of aromatic nitrogens is 3. The van der Waals surface area contributed by atoms with E-state index in [9.17, 15) is 0 Å². The van der Waals surface area contributed by atoms with Crippen LogP contribution in [0.15, 0.2) is 40.2 Å². The molecule has 3 aromatic heterocycles. The molecule has 0 saturated carbocycles. The standard InChI is InChI=1S/C17H21BrN6S.HI/c1-3-14-9-21-16(25-14)6-7-20-17(19-2)22-8-13-11-24-10-12(18)4-5-15(24)23-13;/h4-5,9-11H,3,6-8H2,1-2H3,(H2,19,20,22);1H. The summed E-state index contributed by atoms with van der Waals surface area (Å²) in [6.07, 6.45) is 7.92. The number of nitrogens with zero attached hydrogens (tertiary/aromatic N) is 4. The van der Waals surface area contributed by atoms with Gasteiger partial charge in [0.05, 0.1) is 17.2 Å². The first-order valence-corrected chi connectivity index (χ1v) is 9.80. The number of hydrogen-bond donors (Lipinski definition) is 2.